The van der Waals surface area contributed by atoms with Crippen LogP contribution in [-0.4, -0.2) is 27.1 Å². The Balaban J connectivity index is 1.87. The summed E-state index contributed by atoms with van der Waals surface area (Å²) >= 11 is 3.29. The lowest BCUT2D eigenvalue weighted by Crippen LogP contribution is -2.27. The van der Waals surface area contributed by atoms with E-state index >= 15 is 0 Å². The van der Waals surface area contributed by atoms with Gasteiger partial charge in [0.2, 0.25) is 0 Å². The van der Waals surface area contributed by atoms with E-state index in [0.717, 1.165) is 24.8 Å². The van der Waals surface area contributed by atoms with Gasteiger partial charge < -0.3 is 4.74 Å². The normalized spacial score (nSPS) is 16.3. The average molecular weight is 350 g/mol. The molecule has 1 fully saturated rings. The van der Waals surface area contributed by atoms with Gasteiger partial charge in [0.25, 0.3) is 0 Å². The summed E-state index contributed by atoms with van der Waals surface area (Å²) in [6, 6.07) is 9.80. The van der Waals surface area contributed by atoms with Crippen LogP contribution < -0.4 is 0 Å². The highest BCUT2D eigenvalue weighted by atomic mass is 79.9. The van der Waals surface area contributed by atoms with Gasteiger partial charge in [-0.05, 0) is 47.7 Å². The third kappa shape index (κ3) is 2.85. The van der Waals surface area contributed by atoms with E-state index in [0.29, 0.717) is 10.3 Å². The predicted octanol–water partition coefficient (Wildman–Crippen LogP) is 3.36. The summed E-state index contributed by atoms with van der Waals surface area (Å²) in [7, 11) is 0. The number of benzene rings is 1. The molecule has 0 amide bonds. The molecule has 3 rings (SSSR count). The smallest absolute Gasteiger partial charge is 0.359 e. The van der Waals surface area contributed by atoms with E-state index in [2.05, 4.69) is 26.2 Å². The molecule has 6 heteroatoms. The highest BCUT2D eigenvalue weighted by Gasteiger charge is 2.28. The number of halogens is 1. The van der Waals surface area contributed by atoms with Crippen molar-refractivity contribution in [3.63, 3.8) is 0 Å². The van der Waals surface area contributed by atoms with Gasteiger partial charge >= 0.3 is 5.97 Å². The molecule has 0 radical (unpaired) electrons. The fraction of sp³-hybridized carbons (Fsp3) is 0.400. The van der Waals surface area contributed by atoms with Crippen LogP contribution in [-0.2, 0) is 4.74 Å². The van der Waals surface area contributed by atoms with Crippen LogP contribution in [0.5, 0.6) is 0 Å². The van der Waals surface area contributed by atoms with Crippen molar-refractivity contribution in [1.29, 1.82) is 0 Å². The Morgan fingerprint density at radius 2 is 2.10 bits per heavy atom. The molecule has 110 valence electrons. The zero-order chi connectivity index (χ0) is 14.8. The summed E-state index contributed by atoms with van der Waals surface area (Å²) in [6.45, 7) is 1.98. The molecule has 1 saturated carbocycles. The zero-order valence-electron chi connectivity index (χ0n) is 11.7. The minimum atomic E-state index is -0.362. The minimum Gasteiger partial charge on any atom is -0.458 e. The molecule has 1 aliphatic rings. The van der Waals surface area contributed by atoms with Gasteiger partial charge in [-0.2, -0.15) is 0 Å². The Hall–Kier alpha value is -1.69. The van der Waals surface area contributed by atoms with Crippen LogP contribution in [0.2, 0.25) is 0 Å². The molecule has 1 heterocycles. The third-order valence-electron chi connectivity index (χ3n) is 3.82. The lowest BCUT2D eigenvalue weighted by molar-refractivity contribution is 0.00749. The SMILES string of the molecule is C[C@H](c1ccccc1)n1nnc(Br)c1C(=O)OC1CCC1. The van der Waals surface area contributed by atoms with Crippen molar-refractivity contribution in [2.75, 3.05) is 0 Å². The molecule has 0 aliphatic heterocycles. The standard InChI is InChI=1S/C15H16BrN3O2/c1-10(11-6-3-2-4-7-11)19-13(14(16)17-18-19)15(20)21-12-8-5-9-12/h2-4,6-7,10,12H,5,8-9H2,1H3/t10-/m1/s1. The summed E-state index contributed by atoms with van der Waals surface area (Å²) in [5.41, 5.74) is 1.44. The van der Waals surface area contributed by atoms with Crippen molar-refractivity contribution in [1.82, 2.24) is 15.0 Å². The second-order valence-corrected chi connectivity index (χ2v) is 5.97. The summed E-state index contributed by atoms with van der Waals surface area (Å²) < 4.78 is 7.51. The first kappa shape index (κ1) is 14.3. The van der Waals surface area contributed by atoms with Crippen LogP contribution in [0.1, 0.15) is 48.3 Å². The number of esters is 1. The van der Waals surface area contributed by atoms with E-state index in [1.165, 1.54) is 0 Å². The van der Waals surface area contributed by atoms with Gasteiger partial charge in [-0.1, -0.05) is 35.5 Å². The number of hydrogen-bond acceptors (Lipinski definition) is 4. The monoisotopic (exact) mass is 349 g/mol. The molecule has 21 heavy (non-hydrogen) atoms. The Kier molecular flexibility index (Phi) is 4.05. The van der Waals surface area contributed by atoms with Crippen LogP contribution in [0.25, 0.3) is 0 Å². The topological polar surface area (TPSA) is 57.0 Å². The molecule has 2 aromatic rings. The molecule has 0 unspecified atom stereocenters. The molecule has 1 atom stereocenters. The first-order valence-corrected chi connectivity index (χ1v) is 7.82. The van der Waals surface area contributed by atoms with E-state index in [9.17, 15) is 4.79 Å². The van der Waals surface area contributed by atoms with Crippen molar-refractivity contribution in [2.24, 2.45) is 0 Å². The molecule has 0 saturated heterocycles. The average Bonchev–Trinajstić information content (AvgIpc) is 2.84. The van der Waals surface area contributed by atoms with E-state index in [-0.39, 0.29) is 18.1 Å². The fourth-order valence-electron chi connectivity index (χ4n) is 2.29. The molecule has 0 spiro atoms. The van der Waals surface area contributed by atoms with Gasteiger partial charge in [0.15, 0.2) is 10.3 Å². The van der Waals surface area contributed by atoms with Gasteiger partial charge in [0.05, 0.1) is 6.04 Å². The Labute approximate surface area is 131 Å². The number of aromatic nitrogens is 3. The van der Waals surface area contributed by atoms with Crippen molar-refractivity contribution in [3.8, 4) is 0 Å². The highest BCUT2D eigenvalue weighted by Crippen LogP contribution is 2.27. The Morgan fingerprint density at radius 1 is 1.38 bits per heavy atom. The lowest BCUT2D eigenvalue weighted by atomic mass is 9.96. The van der Waals surface area contributed by atoms with Crippen molar-refractivity contribution in [2.45, 2.75) is 38.3 Å². The first-order valence-electron chi connectivity index (χ1n) is 7.03. The Bertz CT molecular complexity index is 638. The molecular weight excluding hydrogens is 334 g/mol. The van der Waals surface area contributed by atoms with Crippen molar-refractivity contribution in [3.05, 3.63) is 46.2 Å². The van der Waals surface area contributed by atoms with Crippen LogP contribution in [0, 0.1) is 0 Å². The van der Waals surface area contributed by atoms with Crippen LogP contribution in [0.4, 0.5) is 0 Å². The molecule has 0 N–H and O–H groups in total. The van der Waals surface area contributed by atoms with Crippen molar-refractivity contribution < 1.29 is 9.53 Å². The van der Waals surface area contributed by atoms with E-state index in [4.69, 9.17) is 4.74 Å². The number of carbonyl (C=O) groups is 1. The van der Waals surface area contributed by atoms with Gasteiger partial charge in [0, 0.05) is 0 Å². The number of carbonyl (C=O) groups excluding carboxylic acids is 1. The largest absolute Gasteiger partial charge is 0.458 e. The summed E-state index contributed by atoms with van der Waals surface area (Å²) in [4.78, 5) is 12.3. The quantitative estimate of drug-likeness (QED) is 0.794. The van der Waals surface area contributed by atoms with E-state index in [1.54, 1.807) is 4.68 Å². The Morgan fingerprint density at radius 3 is 2.71 bits per heavy atom. The number of rotatable bonds is 4. The van der Waals surface area contributed by atoms with E-state index < -0.39 is 0 Å². The first-order chi connectivity index (χ1) is 10.2. The molecule has 0 bridgehead atoms. The summed E-state index contributed by atoms with van der Waals surface area (Å²) in [6.07, 6.45) is 3.05. The van der Waals surface area contributed by atoms with Crippen molar-refractivity contribution >= 4 is 21.9 Å². The molecule has 1 aliphatic carbocycles. The maximum atomic E-state index is 12.3. The minimum absolute atomic E-state index is 0.0415. The van der Waals surface area contributed by atoms with Crippen LogP contribution in [0.3, 0.4) is 0 Å². The molecule has 1 aromatic carbocycles. The number of ether oxygens (including phenoxy) is 1. The van der Waals surface area contributed by atoms with Gasteiger partial charge in [-0.3, -0.25) is 0 Å². The van der Waals surface area contributed by atoms with Gasteiger partial charge in [-0.15, -0.1) is 5.10 Å². The second kappa shape index (κ2) is 5.97. The second-order valence-electron chi connectivity index (χ2n) is 5.22. The predicted molar refractivity (Wildman–Crippen MR) is 81.0 cm³/mol. The van der Waals surface area contributed by atoms with Gasteiger partial charge in [0.1, 0.15) is 6.10 Å². The highest BCUT2D eigenvalue weighted by molar-refractivity contribution is 9.10. The molecule has 1 aromatic heterocycles. The third-order valence-corrected chi connectivity index (χ3v) is 4.36. The van der Waals surface area contributed by atoms with Crippen LogP contribution >= 0.6 is 15.9 Å². The maximum absolute atomic E-state index is 12.3. The maximum Gasteiger partial charge on any atom is 0.359 e. The fourth-order valence-corrected chi connectivity index (χ4v) is 2.71. The zero-order valence-corrected chi connectivity index (χ0v) is 13.3. The summed E-state index contributed by atoms with van der Waals surface area (Å²) in [5, 5.41) is 8.05. The lowest BCUT2D eigenvalue weighted by Gasteiger charge is -2.25. The molecule has 5 nitrogen and oxygen atoms in total. The summed E-state index contributed by atoms with van der Waals surface area (Å²) in [5.74, 6) is -0.362. The van der Waals surface area contributed by atoms with E-state index in [1.807, 2.05) is 37.3 Å². The van der Waals surface area contributed by atoms with Crippen LogP contribution in [0.15, 0.2) is 34.9 Å². The van der Waals surface area contributed by atoms with Gasteiger partial charge in [-0.25, -0.2) is 9.48 Å². The number of hydrogen-bond donors (Lipinski definition) is 0. The molecular formula is C15H16BrN3O2. The number of nitrogens with zero attached hydrogens (tertiary/aromatic N) is 3.